The Morgan fingerprint density at radius 3 is 2.68 bits per heavy atom. The second-order valence-corrected chi connectivity index (χ2v) is 9.04. The Bertz CT molecular complexity index is 1090. The number of benzene rings is 1. The number of nitrogens with zero attached hydrogens (tertiary/aromatic N) is 1. The minimum atomic E-state index is -4.79. The molecule has 3 aliphatic rings. The molecule has 1 saturated heterocycles. The van der Waals surface area contributed by atoms with Crippen molar-refractivity contribution in [3.05, 3.63) is 34.9 Å². The maximum absolute atomic E-state index is 13.6. The molecule has 202 valence electrons. The third-order valence-electron chi connectivity index (χ3n) is 6.68. The Balaban J connectivity index is 1.82. The lowest BCUT2D eigenvalue weighted by molar-refractivity contribution is -0.172. The van der Waals surface area contributed by atoms with Crippen LogP contribution in [-0.2, 0) is 14.3 Å². The van der Waals surface area contributed by atoms with Crippen LogP contribution in [0, 0.1) is 5.92 Å². The molecule has 0 radical (unpaired) electrons. The number of methoxy groups -OCH3 is 1. The van der Waals surface area contributed by atoms with E-state index in [1.165, 1.54) is 19.2 Å². The smallest absolute Gasteiger partial charge is 0.406 e. The van der Waals surface area contributed by atoms with Crippen molar-refractivity contribution >= 4 is 18.1 Å². The molecule has 2 aliphatic heterocycles. The van der Waals surface area contributed by atoms with E-state index in [1.807, 2.05) is 0 Å². The fraction of sp³-hybridized carbons (Fsp3) is 0.542. The van der Waals surface area contributed by atoms with Gasteiger partial charge >= 0.3 is 6.18 Å². The quantitative estimate of drug-likeness (QED) is 0.417. The molecule has 1 aromatic rings. The van der Waals surface area contributed by atoms with Crippen LogP contribution in [0.1, 0.15) is 28.3 Å². The number of aldehydes is 1. The second kappa shape index (κ2) is 10.7. The molecule has 3 N–H and O–H groups in total. The van der Waals surface area contributed by atoms with E-state index < -0.39 is 61.2 Å². The summed E-state index contributed by atoms with van der Waals surface area (Å²) in [6, 6.07) is 1.28. The van der Waals surface area contributed by atoms with E-state index in [0.29, 0.717) is 16.7 Å². The summed E-state index contributed by atoms with van der Waals surface area (Å²) in [6.45, 7) is -2.03. The van der Waals surface area contributed by atoms with E-state index in [-0.39, 0.29) is 48.8 Å². The molecular weight excluding hydrogens is 501 g/mol. The third-order valence-corrected chi connectivity index (χ3v) is 6.68. The predicted molar refractivity (Wildman–Crippen MR) is 120 cm³/mol. The van der Waals surface area contributed by atoms with Gasteiger partial charge in [0.1, 0.15) is 25.0 Å². The summed E-state index contributed by atoms with van der Waals surface area (Å²) >= 11 is 0. The lowest BCUT2D eigenvalue weighted by Gasteiger charge is -2.41. The number of alkyl halides is 3. The van der Waals surface area contributed by atoms with Crippen molar-refractivity contribution in [1.29, 1.82) is 0 Å². The van der Waals surface area contributed by atoms with Gasteiger partial charge in [-0.1, -0.05) is 0 Å². The van der Waals surface area contributed by atoms with E-state index in [1.54, 1.807) is 0 Å². The fourth-order valence-electron chi connectivity index (χ4n) is 5.05. The minimum absolute atomic E-state index is 0.0524. The first kappa shape index (κ1) is 26.9. The zero-order chi connectivity index (χ0) is 26.9. The third kappa shape index (κ3) is 5.29. The minimum Gasteiger partial charge on any atom is -0.493 e. The monoisotopic (exact) mass is 528 g/mol. The van der Waals surface area contributed by atoms with Gasteiger partial charge in [0.25, 0.3) is 0 Å². The molecule has 0 aromatic heterocycles. The summed E-state index contributed by atoms with van der Waals surface area (Å²) < 4.78 is 57.2. The maximum atomic E-state index is 13.6. The lowest BCUT2D eigenvalue weighted by Crippen LogP contribution is -2.58. The van der Waals surface area contributed by atoms with Crippen molar-refractivity contribution in [3.8, 4) is 11.5 Å². The Morgan fingerprint density at radius 2 is 2.08 bits per heavy atom. The molecular formula is C24H27F3N2O8. The van der Waals surface area contributed by atoms with Gasteiger partial charge in [0.2, 0.25) is 11.8 Å². The van der Waals surface area contributed by atoms with Crippen molar-refractivity contribution < 1.29 is 52.0 Å². The Labute approximate surface area is 210 Å². The number of rotatable bonds is 8. The van der Waals surface area contributed by atoms with Crippen molar-refractivity contribution in [3.63, 3.8) is 0 Å². The first-order chi connectivity index (χ1) is 17.6. The van der Waals surface area contributed by atoms with Gasteiger partial charge in [-0.05, 0) is 24.6 Å². The van der Waals surface area contributed by atoms with Crippen molar-refractivity contribution in [2.45, 2.75) is 36.8 Å². The van der Waals surface area contributed by atoms with Gasteiger partial charge in [-0.25, -0.2) is 0 Å². The van der Waals surface area contributed by atoms with Crippen LogP contribution in [0.5, 0.6) is 11.5 Å². The van der Waals surface area contributed by atoms with Gasteiger partial charge in [0.05, 0.1) is 38.2 Å². The average Bonchev–Trinajstić information content (AvgIpc) is 3.53. The van der Waals surface area contributed by atoms with Gasteiger partial charge in [-0.15, -0.1) is 0 Å². The lowest BCUT2D eigenvalue weighted by atomic mass is 9.77. The highest BCUT2D eigenvalue weighted by atomic mass is 19.4. The van der Waals surface area contributed by atoms with Gasteiger partial charge in [-0.3, -0.25) is 14.4 Å². The summed E-state index contributed by atoms with van der Waals surface area (Å²) in [5.74, 6) is -3.13. The molecule has 0 saturated carbocycles. The Morgan fingerprint density at radius 1 is 1.32 bits per heavy atom. The molecule has 0 spiro atoms. The first-order valence-corrected chi connectivity index (χ1v) is 11.7. The van der Waals surface area contributed by atoms with Crippen LogP contribution < -0.4 is 14.8 Å². The summed E-state index contributed by atoms with van der Waals surface area (Å²) in [5, 5.41) is 22.9. The second-order valence-electron chi connectivity index (χ2n) is 9.04. The molecule has 2 heterocycles. The molecule has 4 rings (SSSR count). The molecule has 1 aromatic carbocycles. The molecule has 1 aliphatic carbocycles. The van der Waals surface area contributed by atoms with Crippen LogP contribution in [-0.4, -0.2) is 97.7 Å². The van der Waals surface area contributed by atoms with E-state index in [0.717, 1.165) is 6.08 Å². The summed E-state index contributed by atoms with van der Waals surface area (Å²) in [6.07, 6.45) is -5.80. The number of ether oxygens (including phenoxy) is 3. The number of carbonyl (C=O) groups excluding carboxylic acids is 3. The van der Waals surface area contributed by atoms with Crippen LogP contribution in [0.25, 0.3) is 0 Å². The van der Waals surface area contributed by atoms with Crippen LogP contribution in [0.15, 0.2) is 23.8 Å². The number of hydrogen-bond acceptors (Lipinski definition) is 8. The molecule has 0 bridgehead atoms. The molecule has 13 heteroatoms. The number of aliphatic hydroxyl groups is 2. The summed E-state index contributed by atoms with van der Waals surface area (Å²) in [7, 11) is 1.33. The van der Waals surface area contributed by atoms with Gasteiger partial charge in [0.15, 0.2) is 11.5 Å². The predicted octanol–water partition coefficient (Wildman–Crippen LogP) is 0.558. The number of amides is 2. The molecule has 37 heavy (non-hydrogen) atoms. The first-order valence-electron chi connectivity index (χ1n) is 11.7. The highest BCUT2D eigenvalue weighted by Crippen LogP contribution is 2.51. The van der Waals surface area contributed by atoms with Gasteiger partial charge in [0, 0.05) is 29.9 Å². The van der Waals surface area contributed by atoms with E-state index in [9.17, 15) is 32.7 Å². The van der Waals surface area contributed by atoms with Crippen molar-refractivity contribution in [1.82, 2.24) is 10.2 Å². The van der Waals surface area contributed by atoms with Crippen molar-refractivity contribution in [2.75, 3.05) is 40.0 Å². The van der Waals surface area contributed by atoms with Crippen LogP contribution in [0.3, 0.4) is 0 Å². The van der Waals surface area contributed by atoms with Gasteiger partial charge in [-0.2, -0.15) is 13.2 Å². The highest BCUT2D eigenvalue weighted by Gasteiger charge is 2.53. The largest absolute Gasteiger partial charge is 0.493 e. The molecule has 5 atom stereocenters. The SMILES string of the molecule is COc1cc(C=O)cc2c1O[C@@H]1[C@@H](O)[C@H](N(CC(F)(F)F)C(=O)C3CCOC3)C=C(C(=O)NCCO)[C@H]21. The number of aliphatic hydroxyl groups excluding tert-OH is 2. The number of fused-ring (bicyclic) bond motifs is 3. The molecule has 10 nitrogen and oxygen atoms in total. The van der Waals surface area contributed by atoms with Crippen LogP contribution in [0.2, 0.25) is 0 Å². The summed E-state index contributed by atoms with van der Waals surface area (Å²) in [5.41, 5.74) is 0.453. The van der Waals surface area contributed by atoms with E-state index in [4.69, 9.17) is 19.3 Å². The van der Waals surface area contributed by atoms with Crippen LogP contribution in [0.4, 0.5) is 13.2 Å². The van der Waals surface area contributed by atoms with Gasteiger partial charge < -0.3 is 34.6 Å². The molecule has 2 amide bonds. The van der Waals surface area contributed by atoms with Crippen LogP contribution >= 0.6 is 0 Å². The molecule has 1 fully saturated rings. The zero-order valence-corrected chi connectivity index (χ0v) is 19.9. The fourth-order valence-corrected chi connectivity index (χ4v) is 5.05. The molecule has 1 unspecified atom stereocenters. The van der Waals surface area contributed by atoms with E-state index >= 15 is 0 Å². The van der Waals surface area contributed by atoms with E-state index in [2.05, 4.69) is 5.32 Å². The Hall–Kier alpha value is -3.16. The maximum Gasteiger partial charge on any atom is 0.406 e. The number of hydrogen-bond donors (Lipinski definition) is 3. The standard InChI is InChI=1S/C24H27F3N2O8/c1-35-17-7-12(9-31)6-14-18-15(22(33)28-3-4-30)8-16(19(32)21(18)37-20(14)17)29(11-24(25,26)27)23(34)13-2-5-36-10-13/h6-9,13,16,18-19,21,30,32H,2-5,10-11H2,1H3,(H,28,33)/t13?,16-,18+,19+,21+/m1/s1. The topological polar surface area (TPSA) is 135 Å². The number of nitrogens with one attached hydrogen (secondary N) is 1. The number of halogens is 3. The average molecular weight is 528 g/mol. The normalized spacial score (nSPS) is 26.4. The number of carbonyl (C=O) groups is 3. The highest BCUT2D eigenvalue weighted by molar-refractivity contribution is 5.96. The zero-order valence-electron chi connectivity index (χ0n) is 19.9. The summed E-state index contributed by atoms with van der Waals surface area (Å²) in [4.78, 5) is 38.3. The van der Waals surface area contributed by atoms with Crippen molar-refractivity contribution in [2.24, 2.45) is 5.92 Å². The Kier molecular flexibility index (Phi) is 7.76.